The molecule has 2 saturated heterocycles. The zero-order valence-corrected chi connectivity index (χ0v) is 24.0. The van der Waals surface area contributed by atoms with E-state index in [-0.39, 0.29) is 52.2 Å². The zero-order chi connectivity index (χ0) is 30.7. The Balaban J connectivity index is 1.38. The van der Waals surface area contributed by atoms with Gasteiger partial charge in [-0.1, -0.05) is 18.2 Å². The van der Waals surface area contributed by atoms with Gasteiger partial charge in [0.05, 0.1) is 44.1 Å². The second-order valence-electron chi connectivity index (χ2n) is 11.9. The number of hydrogen-bond donors (Lipinski definition) is 3. The number of nitrogens with zero attached hydrogens (tertiary/aromatic N) is 3. The van der Waals surface area contributed by atoms with Crippen molar-refractivity contribution < 1.29 is 42.3 Å². The minimum absolute atomic E-state index is 0.0234. The molecule has 3 N–H and O–H groups in total. The van der Waals surface area contributed by atoms with Crippen LogP contribution in [0.15, 0.2) is 34.9 Å². The number of halogens is 2. The summed E-state index contributed by atoms with van der Waals surface area (Å²) in [5.74, 6) is -4.42. The van der Waals surface area contributed by atoms with Gasteiger partial charge in [0.15, 0.2) is 0 Å². The Morgan fingerprint density at radius 1 is 1.29 bits per heavy atom. The molecule has 0 radical (unpaired) electrons. The number of para-hydroxylation sites is 1. The maximum absolute atomic E-state index is 13.9. The van der Waals surface area contributed by atoms with Crippen molar-refractivity contribution in [2.24, 2.45) is 5.41 Å². The number of amides is 2. The van der Waals surface area contributed by atoms with Gasteiger partial charge in [-0.25, -0.2) is 13.6 Å². The summed E-state index contributed by atoms with van der Waals surface area (Å²) >= 11 is 0. The number of alkyl halides is 2. The monoisotopic (exact) mass is 590 g/mol. The van der Waals surface area contributed by atoms with Crippen molar-refractivity contribution >= 4 is 30.1 Å². The van der Waals surface area contributed by atoms with Crippen LogP contribution in [0.25, 0.3) is 11.0 Å². The van der Waals surface area contributed by atoms with Crippen molar-refractivity contribution in [3.63, 3.8) is 0 Å². The summed E-state index contributed by atoms with van der Waals surface area (Å²) in [6.07, 6.45) is 0.359. The van der Waals surface area contributed by atoms with E-state index in [1.165, 1.54) is 18.1 Å². The van der Waals surface area contributed by atoms with E-state index in [0.717, 1.165) is 5.39 Å². The highest BCUT2D eigenvalue weighted by Crippen LogP contribution is 2.39. The quantitative estimate of drug-likeness (QED) is 0.355. The summed E-state index contributed by atoms with van der Waals surface area (Å²) in [7, 11) is -1.89. The Kier molecular flexibility index (Phi) is 9.47. The Morgan fingerprint density at radius 2 is 2.02 bits per heavy atom. The van der Waals surface area contributed by atoms with Crippen molar-refractivity contribution in [3.05, 3.63) is 36.1 Å². The van der Waals surface area contributed by atoms with Crippen LogP contribution in [-0.4, -0.2) is 102 Å². The highest BCUT2D eigenvalue weighted by atomic mass is 19.3. The molecule has 3 atom stereocenters. The number of likely N-dealkylation sites (tertiary alicyclic amines) is 1. The van der Waals surface area contributed by atoms with E-state index < -0.39 is 54.5 Å². The van der Waals surface area contributed by atoms with Crippen LogP contribution in [0.4, 0.5) is 13.6 Å². The number of carbonyl (C=O) groups is 2. The molecule has 14 heteroatoms. The maximum atomic E-state index is 13.9. The van der Waals surface area contributed by atoms with Crippen LogP contribution in [0.3, 0.4) is 0 Å². The minimum atomic E-state index is -2.81. The fourth-order valence-corrected chi connectivity index (χ4v) is 5.79. The number of rotatable bonds is 10. The van der Waals surface area contributed by atoms with E-state index in [0.29, 0.717) is 11.1 Å². The Morgan fingerprint density at radius 3 is 2.69 bits per heavy atom. The average Bonchev–Trinajstić information content (AvgIpc) is 3.54. The van der Waals surface area contributed by atoms with Gasteiger partial charge in [0.1, 0.15) is 17.6 Å². The molecule has 0 saturated carbocycles. The molecule has 42 heavy (non-hydrogen) atoms. The number of alkyl carbamates (subject to hydrolysis) is 1. The molecule has 0 bridgehead atoms. The predicted octanol–water partition coefficient (Wildman–Crippen LogP) is 2.35. The van der Waals surface area contributed by atoms with E-state index in [4.69, 9.17) is 13.9 Å². The van der Waals surface area contributed by atoms with Crippen LogP contribution in [0.5, 0.6) is 0 Å². The minimum Gasteiger partial charge on any atom is -0.464 e. The first kappa shape index (κ1) is 31.7. The number of carbonyl (C=O) groups excluding carboxylic acids is 2. The van der Waals surface area contributed by atoms with E-state index in [9.17, 15) is 33.7 Å². The molecule has 11 nitrogen and oxygen atoms in total. The number of fused-ring (bicyclic) bond motifs is 1. The second kappa shape index (κ2) is 12.5. The maximum Gasteiger partial charge on any atom is 0.475 e. The fraction of sp³-hybridized carbons (Fsp3) is 0.607. The number of benzene rings is 1. The van der Waals surface area contributed by atoms with Crippen LogP contribution in [0.2, 0.25) is 0 Å². The number of nitrogens with one attached hydrogen (secondary N) is 1. The fourth-order valence-electron chi connectivity index (χ4n) is 5.79. The van der Waals surface area contributed by atoms with Gasteiger partial charge in [-0.2, -0.15) is 5.26 Å². The normalized spacial score (nSPS) is 21.4. The third-order valence-corrected chi connectivity index (χ3v) is 8.09. The van der Waals surface area contributed by atoms with Gasteiger partial charge in [-0.05, 0) is 45.2 Å². The molecule has 2 aromatic rings. The first-order valence-corrected chi connectivity index (χ1v) is 13.9. The molecule has 228 valence electrons. The van der Waals surface area contributed by atoms with Crippen LogP contribution < -0.4 is 5.32 Å². The lowest BCUT2D eigenvalue weighted by atomic mass is 9.76. The topological polar surface area (TPSA) is 148 Å². The first-order chi connectivity index (χ1) is 19.7. The van der Waals surface area contributed by atoms with Crippen molar-refractivity contribution in [3.8, 4) is 6.07 Å². The highest BCUT2D eigenvalue weighted by molar-refractivity contribution is 6.43. The van der Waals surface area contributed by atoms with E-state index >= 15 is 0 Å². The lowest BCUT2D eigenvalue weighted by molar-refractivity contribution is -0.150. The molecule has 1 aromatic carbocycles. The molecule has 2 amide bonds. The molecular formula is C28H37BF2N4O7. The van der Waals surface area contributed by atoms with Gasteiger partial charge in [-0.3, -0.25) is 9.69 Å². The summed E-state index contributed by atoms with van der Waals surface area (Å²) < 4.78 is 44.1. The third-order valence-electron chi connectivity index (χ3n) is 8.09. The van der Waals surface area contributed by atoms with Gasteiger partial charge in [0, 0.05) is 30.4 Å². The Hall–Kier alpha value is -3.25. The predicted molar refractivity (Wildman–Crippen MR) is 148 cm³/mol. The summed E-state index contributed by atoms with van der Waals surface area (Å²) in [6.45, 7) is 4.88. The lowest BCUT2D eigenvalue weighted by Crippen LogP contribution is -2.57. The van der Waals surface area contributed by atoms with E-state index in [1.54, 1.807) is 30.9 Å². The van der Waals surface area contributed by atoms with Gasteiger partial charge in [0.25, 0.3) is 5.92 Å². The summed E-state index contributed by atoms with van der Waals surface area (Å²) in [4.78, 5) is 29.4. The Bertz CT molecular complexity index is 1320. The lowest BCUT2D eigenvalue weighted by Gasteiger charge is -2.43. The summed E-state index contributed by atoms with van der Waals surface area (Å²) in [6, 6.07) is 8.61. The smallest absolute Gasteiger partial charge is 0.464 e. The van der Waals surface area contributed by atoms with Crippen molar-refractivity contribution in [1.29, 1.82) is 5.26 Å². The number of furan rings is 1. The van der Waals surface area contributed by atoms with Gasteiger partial charge < -0.3 is 34.2 Å². The molecule has 0 spiro atoms. The number of morpholine rings is 1. The van der Waals surface area contributed by atoms with E-state index in [2.05, 4.69) is 11.4 Å². The average molecular weight is 590 g/mol. The standard InChI is InChI=1S/C28H37BF2N4O7/c1-26(2,34-9-8-28(30,31)18-34)16-27(3,17-32)24(36)35-10-11-40-14-20(35)15-42-25(37)33-23(29(38)39)12-19-13-41-22-7-5-4-6-21(19)22/h4-7,13,20,23,38-39H,8-12,14-16,18H2,1-3H3,(H,33,37)/t20-,23+,27?/m1/s1. The van der Waals surface area contributed by atoms with Crippen molar-refractivity contribution in [2.75, 3.05) is 39.5 Å². The third kappa shape index (κ3) is 7.21. The molecular weight excluding hydrogens is 553 g/mol. The number of hydrogen-bond acceptors (Lipinski definition) is 9. The van der Waals surface area contributed by atoms with Gasteiger partial charge >= 0.3 is 13.2 Å². The number of nitriles is 1. The number of ether oxygens (including phenoxy) is 2. The molecule has 2 fully saturated rings. The van der Waals surface area contributed by atoms with E-state index in [1.807, 2.05) is 12.1 Å². The van der Waals surface area contributed by atoms with Crippen molar-refractivity contribution in [2.45, 2.75) is 63.5 Å². The summed E-state index contributed by atoms with van der Waals surface area (Å²) in [5.41, 5.74) is -1.09. The zero-order valence-electron chi connectivity index (χ0n) is 24.0. The van der Waals surface area contributed by atoms with Crippen LogP contribution in [0.1, 0.15) is 39.2 Å². The molecule has 0 aliphatic carbocycles. The highest BCUT2D eigenvalue weighted by Gasteiger charge is 2.49. The molecule has 3 heterocycles. The SMILES string of the molecule is CC(C#N)(CC(C)(C)N1CCC(F)(F)C1)C(=O)N1CCOC[C@@H]1COC(=O)N[C@@H](Cc1coc2ccccc12)B(O)O. The largest absolute Gasteiger partial charge is 0.475 e. The van der Waals surface area contributed by atoms with Gasteiger partial charge in [0.2, 0.25) is 5.91 Å². The first-order valence-electron chi connectivity index (χ1n) is 13.9. The molecule has 4 rings (SSSR count). The van der Waals surface area contributed by atoms with Gasteiger partial charge in [-0.15, -0.1) is 0 Å². The molecule has 1 unspecified atom stereocenters. The molecule has 1 aromatic heterocycles. The summed E-state index contributed by atoms with van der Waals surface area (Å²) in [5, 5.41) is 33.1. The Labute approximate surface area is 243 Å². The van der Waals surface area contributed by atoms with Crippen LogP contribution in [-0.2, 0) is 20.7 Å². The molecule has 2 aliphatic heterocycles. The second-order valence-corrected chi connectivity index (χ2v) is 11.9. The molecule has 2 aliphatic rings. The van der Waals surface area contributed by atoms with Crippen LogP contribution >= 0.6 is 0 Å². The van der Waals surface area contributed by atoms with Crippen molar-refractivity contribution in [1.82, 2.24) is 15.1 Å². The van der Waals surface area contributed by atoms with Crippen LogP contribution in [0, 0.1) is 16.7 Å².